The molecule has 0 radical (unpaired) electrons. The van der Waals surface area contributed by atoms with Crippen LogP contribution in [0.1, 0.15) is 28.1 Å². The first-order valence-corrected chi connectivity index (χ1v) is 11.2. The molecule has 1 aliphatic rings. The average molecular weight is 419 g/mol. The second-order valence-electron chi connectivity index (χ2n) is 6.76. The van der Waals surface area contributed by atoms with E-state index in [2.05, 4.69) is 5.32 Å². The molecule has 1 saturated heterocycles. The van der Waals surface area contributed by atoms with Crippen LogP contribution < -0.4 is 5.32 Å². The van der Waals surface area contributed by atoms with Crippen LogP contribution in [0.25, 0.3) is 10.1 Å². The van der Waals surface area contributed by atoms with E-state index in [1.807, 2.05) is 0 Å². The van der Waals surface area contributed by atoms with Crippen molar-refractivity contribution in [3.8, 4) is 0 Å². The number of sulfonamides is 1. The predicted molar refractivity (Wildman–Crippen MR) is 109 cm³/mol. The van der Waals surface area contributed by atoms with Crippen molar-refractivity contribution in [1.29, 1.82) is 0 Å². The minimum atomic E-state index is -3.48. The first-order chi connectivity index (χ1) is 13.4. The van der Waals surface area contributed by atoms with Gasteiger partial charge in [0.1, 0.15) is 5.82 Å². The van der Waals surface area contributed by atoms with E-state index in [-0.39, 0.29) is 16.6 Å². The molecule has 3 aromatic rings. The van der Waals surface area contributed by atoms with Crippen LogP contribution in [0.3, 0.4) is 0 Å². The molecule has 0 saturated carbocycles. The second-order valence-corrected chi connectivity index (χ2v) is 9.75. The number of carbonyl (C=O) groups excluding carboxylic acids is 1. The summed E-state index contributed by atoms with van der Waals surface area (Å²) < 4.78 is 41.4. The van der Waals surface area contributed by atoms with Crippen molar-refractivity contribution < 1.29 is 17.6 Å². The molecule has 1 aromatic heterocycles. The van der Waals surface area contributed by atoms with Crippen molar-refractivity contribution in [2.45, 2.75) is 24.7 Å². The molecule has 0 aliphatic carbocycles. The number of amides is 1. The highest BCUT2D eigenvalue weighted by Crippen LogP contribution is 2.33. The number of anilines is 1. The first kappa shape index (κ1) is 19.0. The van der Waals surface area contributed by atoms with E-state index < -0.39 is 10.0 Å². The largest absolute Gasteiger partial charge is 0.321 e. The van der Waals surface area contributed by atoms with Gasteiger partial charge in [0.15, 0.2) is 0 Å². The van der Waals surface area contributed by atoms with Gasteiger partial charge in [-0.2, -0.15) is 4.31 Å². The fourth-order valence-electron chi connectivity index (χ4n) is 3.45. The summed E-state index contributed by atoms with van der Waals surface area (Å²) >= 11 is 1.24. The van der Waals surface area contributed by atoms with Crippen molar-refractivity contribution in [2.24, 2.45) is 0 Å². The maximum absolute atomic E-state index is 14.0. The molecule has 2 aromatic carbocycles. The Morgan fingerprint density at radius 1 is 1.11 bits per heavy atom. The summed E-state index contributed by atoms with van der Waals surface area (Å²) in [6.45, 7) is 2.81. The zero-order valence-electron chi connectivity index (χ0n) is 15.2. The predicted octanol–water partition coefficient (Wildman–Crippen LogP) is 4.39. The van der Waals surface area contributed by atoms with Gasteiger partial charge in [-0.3, -0.25) is 4.79 Å². The standard InChI is InChI=1S/C20H19FN2O3S2/c1-13-18-16(21)5-4-6-17(18)27-19(13)20(24)22-14-7-9-15(10-8-14)28(25,26)23-11-2-3-12-23/h4-10H,2-3,11-12H2,1H3,(H,22,24). The van der Waals surface area contributed by atoms with Gasteiger partial charge in [-0.05, 0) is 61.7 Å². The van der Waals surface area contributed by atoms with Crippen molar-refractivity contribution in [3.05, 3.63) is 58.7 Å². The maximum Gasteiger partial charge on any atom is 0.266 e. The number of aryl methyl sites for hydroxylation is 1. The first-order valence-electron chi connectivity index (χ1n) is 8.97. The topological polar surface area (TPSA) is 66.5 Å². The van der Waals surface area contributed by atoms with Crippen LogP contribution in [-0.2, 0) is 10.0 Å². The van der Waals surface area contributed by atoms with Crippen molar-refractivity contribution >= 4 is 43.0 Å². The van der Waals surface area contributed by atoms with E-state index in [9.17, 15) is 17.6 Å². The Hall–Kier alpha value is -2.29. The summed E-state index contributed by atoms with van der Waals surface area (Å²) in [4.78, 5) is 13.3. The fraction of sp³-hybridized carbons (Fsp3) is 0.250. The van der Waals surface area contributed by atoms with E-state index >= 15 is 0 Å². The molecule has 8 heteroatoms. The molecule has 0 unspecified atom stereocenters. The van der Waals surface area contributed by atoms with Crippen LogP contribution in [0, 0.1) is 12.7 Å². The van der Waals surface area contributed by atoms with Crippen LogP contribution >= 0.6 is 11.3 Å². The number of carbonyl (C=O) groups is 1. The molecule has 0 spiro atoms. The molecular weight excluding hydrogens is 399 g/mol. The Labute approximate surface area is 166 Å². The number of nitrogens with zero attached hydrogens (tertiary/aromatic N) is 1. The summed E-state index contributed by atoms with van der Waals surface area (Å²) in [5, 5.41) is 3.23. The van der Waals surface area contributed by atoms with Gasteiger partial charge in [0.25, 0.3) is 5.91 Å². The van der Waals surface area contributed by atoms with Gasteiger partial charge < -0.3 is 5.32 Å². The summed E-state index contributed by atoms with van der Waals surface area (Å²) in [7, 11) is -3.48. The maximum atomic E-state index is 14.0. The number of thiophene rings is 1. The molecule has 5 nitrogen and oxygen atoms in total. The zero-order valence-corrected chi connectivity index (χ0v) is 16.9. The zero-order chi connectivity index (χ0) is 19.9. The SMILES string of the molecule is Cc1c(C(=O)Nc2ccc(S(=O)(=O)N3CCCC3)cc2)sc2cccc(F)c12. The fourth-order valence-corrected chi connectivity index (χ4v) is 6.08. The van der Waals surface area contributed by atoms with Gasteiger partial charge in [0, 0.05) is 28.9 Å². The highest BCUT2D eigenvalue weighted by atomic mass is 32.2. The Kier molecular flexibility index (Phi) is 4.95. The smallest absolute Gasteiger partial charge is 0.266 e. The van der Waals surface area contributed by atoms with Crippen LogP contribution in [0.4, 0.5) is 10.1 Å². The van der Waals surface area contributed by atoms with Gasteiger partial charge in [-0.25, -0.2) is 12.8 Å². The molecule has 0 bridgehead atoms. The molecule has 2 heterocycles. The third-order valence-electron chi connectivity index (χ3n) is 4.92. The molecule has 0 atom stereocenters. The molecule has 1 amide bonds. The quantitative estimate of drug-likeness (QED) is 0.684. The van der Waals surface area contributed by atoms with Crippen molar-refractivity contribution in [2.75, 3.05) is 18.4 Å². The molecule has 1 fully saturated rings. The van der Waals surface area contributed by atoms with E-state index in [0.29, 0.717) is 34.6 Å². The van der Waals surface area contributed by atoms with Gasteiger partial charge in [0.2, 0.25) is 10.0 Å². The molecular formula is C20H19FN2O3S2. The number of nitrogens with one attached hydrogen (secondary N) is 1. The van der Waals surface area contributed by atoms with Crippen molar-refractivity contribution in [1.82, 2.24) is 4.31 Å². The van der Waals surface area contributed by atoms with Crippen LogP contribution in [-0.4, -0.2) is 31.7 Å². The van der Waals surface area contributed by atoms with Gasteiger partial charge in [-0.1, -0.05) is 6.07 Å². The lowest BCUT2D eigenvalue weighted by Crippen LogP contribution is -2.27. The number of hydrogen-bond acceptors (Lipinski definition) is 4. The lowest BCUT2D eigenvalue weighted by molar-refractivity contribution is 0.103. The van der Waals surface area contributed by atoms with Gasteiger partial charge >= 0.3 is 0 Å². The van der Waals surface area contributed by atoms with Crippen LogP contribution in [0.5, 0.6) is 0 Å². The summed E-state index contributed by atoms with van der Waals surface area (Å²) in [6.07, 6.45) is 1.75. The Bertz CT molecular complexity index is 1150. The number of hydrogen-bond donors (Lipinski definition) is 1. The lowest BCUT2D eigenvalue weighted by atomic mass is 10.1. The minimum absolute atomic E-state index is 0.215. The molecule has 1 aliphatic heterocycles. The summed E-state index contributed by atoms with van der Waals surface area (Å²) in [6, 6.07) is 10.9. The molecule has 1 N–H and O–H groups in total. The minimum Gasteiger partial charge on any atom is -0.321 e. The monoisotopic (exact) mass is 418 g/mol. The second kappa shape index (κ2) is 7.27. The molecule has 146 valence electrons. The van der Waals surface area contributed by atoms with Crippen LogP contribution in [0.15, 0.2) is 47.4 Å². The van der Waals surface area contributed by atoms with E-state index in [0.717, 1.165) is 17.5 Å². The highest BCUT2D eigenvalue weighted by Gasteiger charge is 2.27. The van der Waals surface area contributed by atoms with Gasteiger partial charge in [0.05, 0.1) is 9.77 Å². The average Bonchev–Trinajstić information content (AvgIpc) is 3.32. The third-order valence-corrected chi connectivity index (χ3v) is 8.09. The number of rotatable bonds is 4. The number of halogens is 1. The molecule has 28 heavy (non-hydrogen) atoms. The summed E-state index contributed by atoms with van der Waals surface area (Å²) in [5.41, 5.74) is 1.09. The number of fused-ring (bicyclic) bond motifs is 1. The Balaban J connectivity index is 1.56. The van der Waals surface area contributed by atoms with Crippen LogP contribution in [0.2, 0.25) is 0 Å². The normalized spacial score (nSPS) is 15.2. The van der Waals surface area contributed by atoms with E-state index in [1.165, 1.54) is 33.8 Å². The highest BCUT2D eigenvalue weighted by molar-refractivity contribution is 7.89. The Morgan fingerprint density at radius 3 is 2.43 bits per heavy atom. The van der Waals surface area contributed by atoms with E-state index in [4.69, 9.17) is 0 Å². The number of benzene rings is 2. The van der Waals surface area contributed by atoms with Gasteiger partial charge in [-0.15, -0.1) is 11.3 Å². The molecule has 4 rings (SSSR count). The summed E-state index contributed by atoms with van der Waals surface area (Å²) in [5.74, 6) is -0.685. The van der Waals surface area contributed by atoms with E-state index in [1.54, 1.807) is 31.2 Å². The van der Waals surface area contributed by atoms with Crippen molar-refractivity contribution in [3.63, 3.8) is 0 Å². The third kappa shape index (κ3) is 3.32. The lowest BCUT2D eigenvalue weighted by Gasteiger charge is -2.15. The Morgan fingerprint density at radius 2 is 1.79 bits per heavy atom.